The standard InChI is InChI=1S/C15H16N4O2.ClH/c20-15(19-8-6-16-7-9-19)12-2-1-3-13(10-12)21-14-11-17-4-5-18-14;/h1-5,10-11,16H,6-9H2;1H. The van der Waals surface area contributed by atoms with Crippen molar-refractivity contribution in [1.82, 2.24) is 20.2 Å². The number of amides is 1. The first-order chi connectivity index (χ1) is 10.3. The van der Waals surface area contributed by atoms with Gasteiger partial charge in [0.1, 0.15) is 5.75 Å². The molecule has 0 aliphatic carbocycles. The van der Waals surface area contributed by atoms with E-state index in [0.717, 1.165) is 26.2 Å². The van der Waals surface area contributed by atoms with Crippen LogP contribution in [0.5, 0.6) is 11.6 Å². The van der Waals surface area contributed by atoms with Crippen LogP contribution in [0, 0.1) is 0 Å². The molecule has 0 unspecified atom stereocenters. The number of rotatable bonds is 3. The summed E-state index contributed by atoms with van der Waals surface area (Å²) in [5.74, 6) is 1.02. The molecule has 7 heteroatoms. The largest absolute Gasteiger partial charge is 0.437 e. The number of carbonyl (C=O) groups excluding carboxylic acids is 1. The van der Waals surface area contributed by atoms with E-state index < -0.39 is 0 Å². The maximum Gasteiger partial charge on any atom is 0.254 e. The molecule has 1 N–H and O–H groups in total. The normalized spacial score (nSPS) is 14.1. The number of piperazine rings is 1. The van der Waals surface area contributed by atoms with Crippen LogP contribution >= 0.6 is 12.4 Å². The quantitative estimate of drug-likeness (QED) is 0.933. The van der Waals surface area contributed by atoms with Crippen molar-refractivity contribution in [1.29, 1.82) is 0 Å². The van der Waals surface area contributed by atoms with Gasteiger partial charge < -0.3 is 15.0 Å². The zero-order chi connectivity index (χ0) is 14.5. The van der Waals surface area contributed by atoms with Crippen LogP contribution < -0.4 is 10.1 Å². The van der Waals surface area contributed by atoms with Crippen molar-refractivity contribution in [2.24, 2.45) is 0 Å². The lowest BCUT2D eigenvalue weighted by Gasteiger charge is -2.27. The second-order valence-corrected chi connectivity index (χ2v) is 4.72. The van der Waals surface area contributed by atoms with Crippen LogP contribution in [-0.2, 0) is 0 Å². The van der Waals surface area contributed by atoms with Gasteiger partial charge in [0.25, 0.3) is 5.91 Å². The van der Waals surface area contributed by atoms with E-state index in [9.17, 15) is 4.79 Å². The highest BCUT2D eigenvalue weighted by Gasteiger charge is 2.18. The fraction of sp³-hybridized carbons (Fsp3) is 0.267. The van der Waals surface area contributed by atoms with Crippen LogP contribution in [0.3, 0.4) is 0 Å². The van der Waals surface area contributed by atoms with Crippen molar-refractivity contribution in [2.75, 3.05) is 26.2 Å². The number of nitrogens with zero attached hydrogens (tertiary/aromatic N) is 3. The highest BCUT2D eigenvalue weighted by atomic mass is 35.5. The van der Waals surface area contributed by atoms with Crippen LogP contribution in [0.25, 0.3) is 0 Å². The Hall–Kier alpha value is -2.18. The summed E-state index contributed by atoms with van der Waals surface area (Å²) < 4.78 is 5.60. The van der Waals surface area contributed by atoms with Gasteiger partial charge in [-0.1, -0.05) is 6.07 Å². The van der Waals surface area contributed by atoms with Gasteiger partial charge >= 0.3 is 0 Å². The Kier molecular flexibility index (Phi) is 5.68. The van der Waals surface area contributed by atoms with Gasteiger partial charge in [0.2, 0.25) is 5.88 Å². The molecular formula is C15H17ClN4O2. The number of aromatic nitrogens is 2. The summed E-state index contributed by atoms with van der Waals surface area (Å²) in [6.07, 6.45) is 4.67. The summed E-state index contributed by atoms with van der Waals surface area (Å²) in [6.45, 7) is 3.13. The molecule has 0 atom stereocenters. The summed E-state index contributed by atoms with van der Waals surface area (Å²) in [5.41, 5.74) is 0.623. The van der Waals surface area contributed by atoms with Crippen LogP contribution in [-0.4, -0.2) is 47.0 Å². The molecule has 0 bridgehead atoms. The van der Waals surface area contributed by atoms with Gasteiger partial charge in [0, 0.05) is 44.1 Å². The lowest BCUT2D eigenvalue weighted by atomic mass is 10.1. The smallest absolute Gasteiger partial charge is 0.254 e. The van der Waals surface area contributed by atoms with E-state index in [1.165, 1.54) is 6.20 Å². The Morgan fingerprint density at radius 2 is 2.05 bits per heavy atom. The molecule has 1 saturated heterocycles. The molecule has 3 rings (SSSR count). The van der Waals surface area contributed by atoms with E-state index in [0.29, 0.717) is 17.2 Å². The second-order valence-electron chi connectivity index (χ2n) is 4.72. The zero-order valence-electron chi connectivity index (χ0n) is 11.9. The van der Waals surface area contributed by atoms with E-state index in [1.54, 1.807) is 36.7 Å². The molecular weight excluding hydrogens is 304 g/mol. The summed E-state index contributed by atoms with van der Waals surface area (Å²) >= 11 is 0. The summed E-state index contributed by atoms with van der Waals surface area (Å²) in [6, 6.07) is 7.14. The third-order valence-corrected chi connectivity index (χ3v) is 3.25. The lowest BCUT2D eigenvalue weighted by Crippen LogP contribution is -2.46. The minimum Gasteiger partial charge on any atom is -0.437 e. The molecule has 1 fully saturated rings. The monoisotopic (exact) mass is 320 g/mol. The van der Waals surface area contributed by atoms with Gasteiger partial charge in [0.05, 0.1) is 6.20 Å². The molecule has 0 radical (unpaired) electrons. The molecule has 116 valence electrons. The molecule has 1 aromatic heterocycles. The molecule has 1 aliphatic rings. The predicted octanol–water partition coefficient (Wildman–Crippen LogP) is 1.74. The predicted molar refractivity (Wildman–Crippen MR) is 84.6 cm³/mol. The summed E-state index contributed by atoms with van der Waals surface area (Å²) in [5, 5.41) is 3.23. The molecule has 22 heavy (non-hydrogen) atoms. The summed E-state index contributed by atoms with van der Waals surface area (Å²) in [4.78, 5) is 22.3. The minimum atomic E-state index is 0. The maximum atomic E-state index is 12.4. The van der Waals surface area contributed by atoms with Crippen molar-refractivity contribution in [3.8, 4) is 11.6 Å². The summed E-state index contributed by atoms with van der Waals surface area (Å²) in [7, 11) is 0. The number of halogens is 1. The number of benzene rings is 1. The van der Waals surface area contributed by atoms with Gasteiger partial charge in [-0.3, -0.25) is 9.78 Å². The van der Waals surface area contributed by atoms with E-state index in [1.807, 2.05) is 4.90 Å². The van der Waals surface area contributed by atoms with E-state index in [4.69, 9.17) is 4.74 Å². The van der Waals surface area contributed by atoms with Crippen LogP contribution in [0.4, 0.5) is 0 Å². The highest BCUT2D eigenvalue weighted by Crippen LogP contribution is 2.20. The lowest BCUT2D eigenvalue weighted by molar-refractivity contribution is 0.0735. The van der Waals surface area contributed by atoms with Gasteiger partial charge in [0.15, 0.2) is 0 Å². The zero-order valence-corrected chi connectivity index (χ0v) is 12.8. The van der Waals surface area contributed by atoms with E-state index >= 15 is 0 Å². The average molecular weight is 321 g/mol. The Labute approximate surface area is 134 Å². The average Bonchev–Trinajstić information content (AvgIpc) is 2.56. The first-order valence-electron chi connectivity index (χ1n) is 6.87. The molecule has 1 aromatic carbocycles. The van der Waals surface area contributed by atoms with Gasteiger partial charge in [-0.15, -0.1) is 12.4 Å². The molecule has 1 aliphatic heterocycles. The van der Waals surface area contributed by atoms with Crippen molar-refractivity contribution < 1.29 is 9.53 Å². The van der Waals surface area contributed by atoms with Crippen LogP contribution in [0.15, 0.2) is 42.9 Å². The van der Waals surface area contributed by atoms with Gasteiger partial charge in [-0.2, -0.15) is 0 Å². The minimum absolute atomic E-state index is 0. The Morgan fingerprint density at radius 3 is 2.77 bits per heavy atom. The number of carbonyl (C=O) groups is 1. The first kappa shape index (κ1) is 16.2. The molecule has 2 heterocycles. The SMILES string of the molecule is Cl.O=C(c1cccc(Oc2cnccn2)c1)N1CCNCC1. The van der Waals surface area contributed by atoms with Crippen molar-refractivity contribution in [3.63, 3.8) is 0 Å². The Balaban J connectivity index is 0.00000176. The van der Waals surface area contributed by atoms with Crippen molar-refractivity contribution >= 4 is 18.3 Å². The third-order valence-electron chi connectivity index (χ3n) is 3.25. The Morgan fingerprint density at radius 1 is 1.23 bits per heavy atom. The molecule has 6 nitrogen and oxygen atoms in total. The number of hydrogen-bond acceptors (Lipinski definition) is 5. The number of ether oxygens (including phenoxy) is 1. The van der Waals surface area contributed by atoms with Crippen LogP contribution in [0.2, 0.25) is 0 Å². The molecule has 1 amide bonds. The van der Waals surface area contributed by atoms with Crippen molar-refractivity contribution in [3.05, 3.63) is 48.4 Å². The van der Waals surface area contributed by atoms with Gasteiger partial charge in [-0.05, 0) is 18.2 Å². The highest BCUT2D eigenvalue weighted by molar-refractivity contribution is 5.94. The fourth-order valence-corrected chi connectivity index (χ4v) is 2.20. The van der Waals surface area contributed by atoms with Crippen molar-refractivity contribution in [2.45, 2.75) is 0 Å². The molecule has 2 aromatic rings. The number of nitrogens with one attached hydrogen (secondary N) is 1. The second kappa shape index (κ2) is 7.72. The molecule has 0 saturated carbocycles. The Bertz CT molecular complexity index is 618. The first-order valence-corrected chi connectivity index (χ1v) is 6.87. The van der Waals surface area contributed by atoms with Gasteiger partial charge in [-0.25, -0.2) is 4.98 Å². The van der Waals surface area contributed by atoms with E-state index in [2.05, 4.69) is 15.3 Å². The number of hydrogen-bond donors (Lipinski definition) is 1. The van der Waals surface area contributed by atoms with E-state index in [-0.39, 0.29) is 18.3 Å². The fourth-order valence-electron chi connectivity index (χ4n) is 2.20. The topological polar surface area (TPSA) is 67.3 Å². The third kappa shape index (κ3) is 3.93. The molecule has 0 spiro atoms. The maximum absolute atomic E-state index is 12.4. The van der Waals surface area contributed by atoms with Crippen LogP contribution in [0.1, 0.15) is 10.4 Å².